The molecule has 20 heavy (non-hydrogen) atoms. The van der Waals surface area contributed by atoms with Gasteiger partial charge in [0.15, 0.2) is 0 Å². The van der Waals surface area contributed by atoms with Crippen molar-refractivity contribution in [3.05, 3.63) is 12.2 Å². The molecule has 0 aromatic rings. The van der Waals surface area contributed by atoms with Crippen LogP contribution < -0.4 is 0 Å². The second kappa shape index (κ2) is 8.35. The van der Waals surface area contributed by atoms with E-state index in [0.29, 0.717) is 11.5 Å². The van der Waals surface area contributed by atoms with Crippen molar-refractivity contribution in [2.45, 2.75) is 58.5 Å². The highest BCUT2D eigenvalue weighted by molar-refractivity contribution is 6.01. The summed E-state index contributed by atoms with van der Waals surface area (Å²) in [6.07, 6.45) is 5.84. The maximum atomic E-state index is 11.6. The van der Waals surface area contributed by atoms with Crippen LogP contribution in [-0.2, 0) is 19.2 Å². The van der Waals surface area contributed by atoms with E-state index < -0.39 is 24.1 Å². The molecule has 1 heterocycles. The summed E-state index contributed by atoms with van der Waals surface area (Å²) in [6, 6.07) is 0. The number of amides is 2. The van der Waals surface area contributed by atoms with E-state index in [0.717, 1.165) is 19.3 Å². The van der Waals surface area contributed by atoms with E-state index in [9.17, 15) is 14.4 Å². The maximum Gasteiger partial charge on any atom is 0.534 e. The Morgan fingerprint density at radius 3 is 2.50 bits per heavy atom. The molecule has 1 unspecified atom stereocenters. The number of carbonyl (C=O) groups is 3. The fourth-order valence-electron chi connectivity index (χ4n) is 1.77. The number of unbranched alkanes of at least 4 members (excludes halogenated alkanes) is 1. The van der Waals surface area contributed by atoms with Crippen molar-refractivity contribution in [3.8, 4) is 0 Å². The normalized spacial score (nSPS) is 16.8. The topological polar surface area (TPSA) is 72.9 Å². The lowest BCUT2D eigenvalue weighted by atomic mass is 10.1. The van der Waals surface area contributed by atoms with Gasteiger partial charge in [0.1, 0.15) is 6.10 Å². The minimum Gasteiger partial charge on any atom is -0.425 e. The minimum atomic E-state index is -1.02. The van der Waals surface area contributed by atoms with Crippen LogP contribution in [0.3, 0.4) is 0 Å². The lowest BCUT2D eigenvalue weighted by Crippen LogP contribution is -2.33. The van der Waals surface area contributed by atoms with Crippen LogP contribution in [0.2, 0.25) is 0 Å². The molecule has 0 aliphatic carbocycles. The van der Waals surface area contributed by atoms with Gasteiger partial charge in [-0.15, -0.1) is 0 Å². The molecule has 112 valence electrons. The predicted octanol–water partition coefficient (Wildman–Crippen LogP) is 2.73. The molecule has 1 rings (SSSR count). The van der Waals surface area contributed by atoms with E-state index in [2.05, 4.69) is 4.84 Å². The SMILES string of the molecule is CC/C=C/C(CCCC)OC(=O)ON1C(=O)CCC1=O. The Hall–Kier alpha value is -1.85. The number of nitrogens with zero attached hydrogens (tertiary/aromatic N) is 1. The average Bonchev–Trinajstić information content (AvgIpc) is 2.73. The van der Waals surface area contributed by atoms with E-state index in [1.807, 2.05) is 19.9 Å². The number of hydrogen-bond donors (Lipinski definition) is 0. The molecule has 2 amide bonds. The molecule has 1 fully saturated rings. The summed E-state index contributed by atoms with van der Waals surface area (Å²) in [4.78, 5) is 38.9. The third-order valence-electron chi connectivity index (χ3n) is 2.85. The van der Waals surface area contributed by atoms with Gasteiger partial charge in [-0.2, -0.15) is 0 Å². The fourth-order valence-corrected chi connectivity index (χ4v) is 1.77. The fraction of sp³-hybridized carbons (Fsp3) is 0.643. The van der Waals surface area contributed by atoms with Gasteiger partial charge in [0, 0.05) is 12.8 Å². The summed E-state index contributed by atoms with van der Waals surface area (Å²) in [6.45, 7) is 4.02. The quantitative estimate of drug-likeness (QED) is 0.408. The van der Waals surface area contributed by atoms with E-state index in [1.54, 1.807) is 6.08 Å². The molecule has 6 nitrogen and oxygen atoms in total. The summed E-state index contributed by atoms with van der Waals surface area (Å²) in [5.41, 5.74) is 0. The van der Waals surface area contributed by atoms with Gasteiger partial charge in [-0.1, -0.05) is 31.4 Å². The van der Waals surface area contributed by atoms with E-state index in [1.165, 1.54) is 0 Å². The molecule has 1 saturated heterocycles. The Balaban J connectivity index is 2.50. The van der Waals surface area contributed by atoms with Crippen LogP contribution in [0.5, 0.6) is 0 Å². The molecular weight excluding hydrogens is 262 g/mol. The molecule has 1 atom stereocenters. The zero-order chi connectivity index (χ0) is 15.0. The van der Waals surface area contributed by atoms with Crippen molar-refractivity contribution in [1.82, 2.24) is 5.06 Å². The molecule has 0 bridgehead atoms. The zero-order valence-corrected chi connectivity index (χ0v) is 12.0. The summed E-state index contributed by atoms with van der Waals surface area (Å²) >= 11 is 0. The highest BCUT2D eigenvalue weighted by Crippen LogP contribution is 2.14. The van der Waals surface area contributed by atoms with Crippen molar-refractivity contribution in [3.63, 3.8) is 0 Å². The Morgan fingerprint density at radius 1 is 1.30 bits per heavy atom. The summed E-state index contributed by atoms with van der Waals surface area (Å²) in [7, 11) is 0. The molecule has 0 aromatic carbocycles. The summed E-state index contributed by atoms with van der Waals surface area (Å²) in [5, 5.41) is 0.489. The number of hydroxylamine groups is 2. The molecule has 6 heteroatoms. The summed E-state index contributed by atoms with van der Waals surface area (Å²) < 4.78 is 5.12. The van der Waals surface area contributed by atoms with Gasteiger partial charge in [-0.25, -0.2) is 4.79 Å². The van der Waals surface area contributed by atoms with E-state index >= 15 is 0 Å². The third-order valence-corrected chi connectivity index (χ3v) is 2.85. The van der Waals surface area contributed by atoms with Crippen molar-refractivity contribution in [1.29, 1.82) is 0 Å². The van der Waals surface area contributed by atoms with E-state index in [-0.39, 0.29) is 12.8 Å². The van der Waals surface area contributed by atoms with Crippen molar-refractivity contribution < 1.29 is 24.0 Å². The van der Waals surface area contributed by atoms with Crippen LogP contribution in [0.25, 0.3) is 0 Å². The Labute approximate surface area is 118 Å². The van der Waals surface area contributed by atoms with Gasteiger partial charge in [-0.3, -0.25) is 14.4 Å². The van der Waals surface area contributed by atoms with Gasteiger partial charge in [0.2, 0.25) is 0 Å². The molecule has 0 spiro atoms. The first kappa shape index (κ1) is 16.2. The predicted molar refractivity (Wildman–Crippen MR) is 71.4 cm³/mol. The minimum absolute atomic E-state index is 0.0705. The summed E-state index contributed by atoms with van der Waals surface area (Å²) in [5.74, 6) is -1.03. The van der Waals surface area contributed by atoms with E-state index in [4.69, 9.17) is 4.74 Å². The number of carbonyl (C=O) groups excluding carboxylic acids is 3. The number of hydrogen-bond acceptors (Lipinski definition) is 5. The molecule has 0 radical (unpaired) electrons. The highest BCUT2D eigenvalue weighted by Gasteiger charge is 2.33. The van der Waals surface area contributed by atoms with Crippen molar-refractivity contribution >= 4 is 18.0 Å². The zero-order valence-electron chi connectivity index (χ0n) is 12.0. The number of imide groups is 1. The Morgan fingerprint density at radius 2 is 1.95 bits per heavy atom. The molecule has 1 aliphatic rings. The van der Waals surface area contributed by atoms with Crippen LogP contribution in [0.1, 0.15) is 52.4 Å². The number of allylic oxidation sites excluding steroid dienone is 1. The first-order chi connectivity index (χ1) is 9.58. The number of ether oxygens (including phenoxy) is 1. The Kier molecular flexibility index (Phi) is 6.76. The second-order valence-corrected chi connectivity index (χ2v) is 4.56. The van der Waals surface area contributed by atoms with Crippen LogP contribution in [0, 0.1) is 0 Å². The van der Waals surface area contributed by atoms with Crippen LogP contribution >= 0.6 is 0 Å². The van der Waals surface area contributed by atoms with Gasteiger partial charge in [0.25, 0.3) is 11.8 Å². The van der Waals surface area contributed by atoms with Gasteiger partial charge >= 0.3 is 6.16 Å². The standard InChI is InChI=1S/C14H21NO5/c1-3-5-7-11(8-6-4-2)19-14(18)20-15-12(16)9-10-13(15)17/h5,7,11H,3-4,6,8-10H2,1-2H3/b7-5+. The molecule has 0 aromatic heterocycles. The van der Waals surface area contributed by atoms with Crippen molar-refractivity contribution in [2.75, 3.05) is 0 Å². The van der Waals surface area contributed by atoms with Crippen LogP contribution in [0.4, 0.5) is 4.79 Å². The van der Waals surface area contributed by atoms with Gasteiger partial charge in [0.05, 0.1) is 0 Å². The van der Waals surface area contributed by atoms with Crippen LogP contribution in [0.15, 0.2) is 12.2 Å². The molecule has 0 saturated carbocycles. The highest BCUT2D eigenvalue weighted by atomic mass is 16.8. The number of rotatable bonds is 7. The molecule has 0 N–H and O–H groups in total. The van der Waals surface area contributed by atoms with Crippen LogP contribution in [-0.4, -0.2) is 29.1 Å². The lowest BCUT2D eigenvalue weighted by Gasteiger charge is -2.16. The first-order valence-corrected chi connectivity index (χ1v) is 6.99. The Bertz CT molecular complexity index is 375. The van der Waals surface area contributed by atoms with Gasteiger partial charge in [-0.05, 0) is 25.3 Å². The monoisotopic (exact) mass is 283 g/mol. The smallest absolute Gasteiger partial charge is 0.425 e. The first-order valence-electron chi connectivity index (χ1n) is 6.99. The third kappa shape index (κ3) is 5.03. The average molecular weight is 283 g/mol. The lowest BCUT2D eigenvalue weighted by molar-refractivity contribution is -0.178. The second-order valence-electron chi connectivity index (χ2n) is 4.56. The van der Waals surface area contributed by atoms with Crippen molar-refractivity contribution in [2.24, 2.45) is 0 Å². The molecular formula is C14H21NO5. The largest absolute Gasteiger partial charge is 0.534 e. The van der Waals surface area contributed by atoms with Gasteiger partial charge < -0.3 is 4.74 Å². The molecule has 1 aliphatic heterocycles. The maximum absolute atomic E-state index is 11.6.